The molecule has 1 unspecified atom stereocenters. The highest BCUT2D eigenvalue weighted by Crippen LogP contribution is 2.32. The van der Waals surface area contributed by atoms with Crippen molar-refractivity contribution in [3.63, 3.8) is 0 Å². The first-order valence-corrected chi connectivity index (χ1v) is 7.42. The quantitative estimate of drug-likeness (QED) is 0.496. The number of benzene rings is 1. The molecule has 1 amide bonds. The van der Waals surface area contributed by atoms with Crippen LogP contribution in [0.25, 0.3) is 0 Å². The Bertz CT molecular complexity index is 604. The predicted octanol–water partition coefficient (Wildman–Crippen LogP) is 2.00. The highest BCUT2D eigenvalue weighted by atomic mass is 16.5. The minimum atomic E-state index is -0.338. The summed E-state index contributed by atoms with van der Waals surface area (Å²) < 4.78 is 4.93. The monoisotopic (exact) mass is 299 g/mol. The summed E-state index contributed by atoms with van der Waals surface area (Å²) in [6.45, 7) is 3.17. The van der Waals surface area contributed by atoms with Crippen LogP contribution in [0.1, 0.15) is 18.9 Å². The number of carbonyl (C=O) groups is 1. The van der Waals surface area contributed by atoms with Crippen molar-refractivity contribution in [3.05, 3.63) is 41.6 Å². The maximum Gasteiger partial charge on any atom is 0.263 e. The van der Waals surface area contributed by atoms with Crippen LogP contribution in [-0.4, -0.2) is 32.2 Å². The first kappa shape index (κ1) is 16.1. The maximum atomic E-state index is 12.1. The van der Waals surface area contributed by atoms with Gasteiger partial charge < -0.3 is 15.0 Å². The van der Waals surface area contributed by atoms with Gasteiger partial charge in [-0.15, -0.1) is 0 Å². The third kappa shape index (κ3) is 3.66. The molecule has 1 atom stereocenters. The third-order valence-electron chi connectivity index (χ3n) is 3.70. The molecule has 2 rings (SSSR count). The lowest BCUT2D eigenvalue weighted by Crippen LogP contribution is -2.29. The summed E-state index contributed by atoms with van der Waals surface area (Å²) in [5, 5.41) is 12.0. The molecule has 0 saturated carbocycles. The lowest BCUT2D eigenvalue weighted by atomic mass is 10.1. The molecule has 5 heteroatoms. The van der Waals surface area contributed by atoms with Gasteiger partial charge in [-0.05, 0) is 31.4 Å². The standard InChI is InChI=1S/C17H21N3O2/c1-13-10-14-6-3-4-7-16(14)20(13)12-15(11-18)17(21)19-8-5-9-22-2/h3-4,6-7,12-13H,5,8-10H2,1-2H3,(H,19,21)/b15-12-. The SMILES string of the molecule is COCCCNC(=O)/C(C#N)=C\N1c2ccccc2CC1C. The Hall–Kier alpha value is -2.32. The van der Waals surface area contributed by atoms with Gasteiger partial charge in [-0.3, -0.25) is 4.79 Å². The summed E-state index contributed by atoms with van der Waals surface area (Å²) in [6.07, 6.45) is 3.30. The molecule has 22 heavy (non-hydrogen) atoms. The van der Waals surface area contributed by atoms with Gasteiger partial charge in [-0.25, -0.2) is 0 Å². The molecule has 0 fully saturated rings. The van der Waals surface area contributed by atoms with Gasteiger partial charge >= 0.3 is 0 Å². The van der Waals surface area contributed by atoms with Crippen molar-refractivity contribution in [2.75, 3.05) is 25.2 Å². The Morgan fingerprint density at radius 2 is 2.32 bits per heavy atom. The lowest BCUT2D eigenvalue weighted by molar-refractivity contribution is -0.117. The number of fused-ring (bicyclic) bond motifs is 1. The maximum absolute atomic E-state index is 12.1. The summed E-state index contributed by atoms with van der Waals surface area (Å²) in [4.78, 5) is 14.1. The largest absolute Gasteiger partial charge is 0.385 e. The topological polar surface area (TPSA) is 65.4 Å². The van der Waals surface area contributed by atoms with E-state index in [0.29, 0.717) is 13.2 Å². The Morgan fingerprint density at radius 3 is 3.05 bits per heavy atom. The Kier molecular flexibility index (Phi) is 5.56. The molecule has 1 aliphatic rings. The van der Waals surface area contributed by atoms with Gasteiger partial charge in [0.1, 0.15) is 11.6 Å². The number of nitriles is 1. The van der Waals surface area contributed by atoms with Crippen molar-refractivity contribution in [2.45, 2.75) is 25.8 Å². The van der Waals surface area contributed by atoms with E-state index in [9.17, 15) is 10.1 Å². The summed E-state index contributed by atoms with van der Waals surface area (Å²) in [5.41, 5.74) is 2.43. The summed E-state index contributed by atoms with van der Waals surface area (Å²) in [6, 6.07) is 10.3. The Labute approximate surface area is 131 Å². The van der Waals surface area contributed by atoms with E-state index < -0.39 is 0 Å². The van der Waals surface area contributed by atoms with Crippen molar-refractivity contribution < 1.29 is 9.53 Å². The van der Waals surface area contributed by atoms with Crippen molar-refractivity contribution >= 4 is 11.6 Å². The molecule has 1 aromatic rings. The number of anilines is 1. The number of carbonyl (C=O) groups excluding carboxylic acids is 1. The molecule has 0 radical (unpaired) electrons. The average molecular weight is 299 g/mol. The number of ether oxygens (including phenoxy) is 1. The minimum Gasteiger partial charge on any atom is -0.385 e. The molecular weight excluding hydrogens is 278 g/mol. The van der Waals surface area contributed by atoms with Gasteiger partial charge in [-0.1, -0.05) is 18.2 Å². The molecule has 0 saturated heterocycles. The second-order valence-corrected chi connectivity index (χ2v) is 5.35. The van der Waals surface area contributed by atoms with Crippen LogP contribution < -0.4 is 10.2 Å². The van der Waals surface area contributed by atoms with E-state index in [1.54, 1.807) is 13.3 Å². The molecular formula is C17H21N3O2. The van der Waals surface area contributed by atoms with E-state index in [4.69, 9.17) is 4.74 Å². The van der Waals surface area contributed by atoms with Gasteiger partial charge in [-0.2, -0.15) is 5.26 Å². The van der Waals surface area contributed by atoms with Crippen molar-refractivity contribution in [1.29, 1.82) is 5.26 Å². The van der Waals surface area contributed by atoms with Crippen LogP contribution >= 0.6 is 0 Å². The highest BCUT2D eigenvalue weighted by molar-refractivity contribution is 5.97. The second kappa shape index (κ2) is 7.62. The van der Waals surface area contributed by atoms with E-state index >= 15 is 0 Å². The van der Waals surface area contributed by atoms with Gasteiger partial charge in [0.25, 0.3) is 5.91 Å². The van der Waals surface area contributed by atoms with Crippen molar-refractivity contribution in [3.8, 4) is 6.07 Å². The lowest BCUT2D eigenvalue weighted by Gasteiger charge is -2.20. The molecule has 5 nitrogen and oxygen atoms in total. The summed E-state index contributed by atoms with van der Waals surface area (Å²) >= 11 is 0. The first-order valence-electron chi connectivity index (χ1n) is 7.42. The van der Waals surface area contributed by atoms with Crippen LogP contribution in [0, 0.1) is 11.3 Å². The normalized spacial score (nSPS) is 17.0. The van der Waals surface area contributed by atoms with E-state index in [2.05, 4.69) is 18.3 Å². The summed E-state index contributed by atoms with van der Waals surface area (Å²) in [5.74, 6) is -0.338. The zero-order chi connectivity index (χ0) is 15.9. The van der Waals surface area contributed by atoms with Crippen molar-refractivity contribution in [2.24, 2.45) is 0 Å². The van der Waals surface area contributed by atoms with E-state index in [1.165, 1.54) is 5.56 Å². The number of hydrogen-bond acceptors (Lipinski definition) is 4. The van der Waals surface area contributed by atoms with Gasteiger partial charge in [0, 0.05) is 38.2 Å². The van der Waals surface area contributed by atoms with Crippen LogP contribution in [0.15, 0.2) is 36.0 Å². The molecule has 0 spiro atoms. The minimum absolute atomic E-state index is 0.126. The van der Waals surface area contributed by atoms with E-state index in [0.717, 1.165) is 18.5 Å². The summed E-state index contributed by atoms with van der Waals surface area (Å²) in [7, 11) is 1.62. The Balaban J connectivity index is 2.09. The average Bonchev–Trinajstić information content (AvgIpc) is 2.84. The number of para-hydroxylation sites is 1. The smallest absolute Gasteiger partial charge is 0.263 e. The van der Waals surface area contributed by atoms with E-state index in [-0.39, 0.29) is 17.5 Å². The number of amides is 1. The number of nitrogens with one attached hydrogen (secondary N) is 1. The van der Waals surface area contributed by atoms with Gasteiger partial charge in [0.05, 0.1) is 0 Å². The van der Waals surface area contributed by atoms with Crippen LogP contribution in [0.2, 0.25) is 0 Å². The Morgan fingerprint density at radius 1 is 1.55 bits per heavy atom. The number of rotatable bonds is 6. The fourth-order valence-electron chi connectivity index (χ4n) is 2.58. The molecule has 0 aliphatic carbocycles. The molecule has 0 bridgehead atoms. The molecule has 1 aliphatic heterocycles. The van der Waals surface area contributed by atoms with E-state index in [1.807, 2.05) is 29.2 Å². The zero-order valence-corrected chi connectivity index (χ0v) is 13.0. The second-order valence-electron chi connectivity index (χ2n) is 5.35. The highest BCUT2D eigenvalue weighted by Gasteiger charge is 2.25. The predicted molar refractivity (Wildman–Crippen MR) is 85.3 cm³/mol. The van der Waals surface area contributed by atoms with Crippen molar-refractivity contribution in [1.82, 2.24) is 5.32 Å². The molecule has 1 heterocycles. The molecule has 1 N–H and O–H groups in total. The number of nitrogens with zero attached hydrogens (tertiary/aromatic N) is 2. The number of hydrogen-bond donors (Lipinski definition) is 1. The fourth-order valence-corrected chi connectivity index (χ4v) is 2.58. The first-order chi connectivity index (χ1) is 10.7. The molecule has 0 aromatic heterocycles. The molecule has 116 valence electrons. The van der Waals surface area contributed by atoms with Gasteiger partial charge in [0.15, 0.2) is 0 Å². The third-order valence-corrected chi connectivity index (χ3v) is 3.70. The van der Waals surface area contributed by atoms with Crippen LogP contribution in [0.4, 0.5) is 5.69 Å². The van der Waals surface area contributed by atoms with Crippen LogP contribution in [0.3, 0.4) is 0 Å². The van der Waals surface area contributed by atoms with Gasteiger partial charge in [0.2, 0.25) is 0 Å². The fraction of sp³-hybridized carbons (Fsp3) is 0.412. The van der Waals surface area contributed by atoms with Crippen LogP contribution in [0.5, 0.6) is 0 Å². The molecule has 1 aromatic carbocycles. The van der Waals surface area contributed by atoms with Crippen LogP contribution in [-0.2, 0) is 16.0 Å². The number of methoxy groups -OCH3 is 1. The zero-order valence-electron chi connectivity index (χ0n) is 13.0.